The van der Waals surface area contributed by atoms with E-state index in [9.17, 15) is 4.79 Å². The molecule has 0 aromatic heterocycles. The molecule has 2 nitrogen and oxygen atoms in total. The van der Waals surface area contributed by atoms with Gasteiger partial charge in [0, 0.05) is 6.42 Å². The smallest absolute Gasteiger partial charge is 0.201 e. The number of hydrogen-bond acceptors (Lipinski definition) is 2. The number of alkyl halides is 1. The number of allylic oxidation sites excluding steroid dienone is 1. The molecule has 0 aromatic carbocycles. The topological polar surface area (TPSA) is 26.3 Å². The highest BCUT2D eigenvalue weighted by Crippen LogP contribution is 2.43. The van der Waals surface area contributed by atoms with E-state index in [2.05, 4.69) is 54.5 Å². The molecule has 0 fully saturated rings. The van der Waals surface area contributed by atoms with Gasteiger partial charge in [-0.1, -0.05) is 53.2 Å². The summed E-state index contributed by atoms with van der Waals surface area (Å²) in [6.45, 7) is 15.7. The zero-order valence-corrected chi connectivity index (χ0v) is 16.5. The number of carbonyl (C=O) groups is 1. The lowest BCUT2D eigenvalue weighted by Gasteiger charge is -2.44. The van der Waals surface area contributed by atoms with Crippen LogP contribution in [0.2, 0.25) is 16.6 Å². The Kier molecular flexibility index (Phi) is 9.75. The predicted molar refractivity (Wildman–Crippen MR) is 95.7 cm³/mol. The first-order valence-electron chi connectivity index (χ1n) is 8.06. The number of halogens is 1. The van der Waals surface area contributed by atoms with Crippen molar-refractivity contribution in [2.24, 2.45) is 0 Å². The number of rotatable bonds is 10. The predicted octanol–water partition coefficient (Wildman–Crippen LogP) is 5.71. The summed E-state index contributed by atoms with van der Waals surface area (Å²) in [7, 11) is -1.91. The Morgan fingerprint density at radius 2 is 1.57 bits per heavy atom. The fraction of sp³-hybridized carbons (Fsp3) is 0.824. The van der Waals surface area contributed by atoms with Crippen LogP contribution in [-0.4, -0.2) is 26.6 Å². The molecule has 1 atom stereocenters. The van der Waals surface area contributed by atoms with Gasteiger partial charge in [0.25, 0.3) is 0 Å². The van der Waals surface area contributed by atoms with Crippen LogP contribution in [0.5, 0.6) is 0 Å². The first-order chi connectivity index (χ1) is 9.72. The highest BCUT2D eigenvalue weighted by atomic mass is 35.5. The minimum absolute atomic E-state index is 0.0443. The monoisotopic (exact) mass is 332 g/mol. The van der Waals surface area contributed by atoms with E-state index >= 15 is 0 Å². The maximum absolute atomic E-state index is 10.5. The van der Waals surface area contributed by atoms with E-state index in [-0.39, 0.29) is 6.10 Å². The van der Waals surface area contributed by atoms with Crippen molar-refractivity contribution in [1.82, 2.24) is 0 Å². The van der Waals surface area contributed by atoms with Gasteiger partial charge in [0.2, 0.25) is 8.32 Å². The molecule has 0 N–H and O–H groups in total. The summed E-state index contributed by atoms with van der Waals surface area (Å²) >= 11 is 6.15. The van der Waals surface area contributed by atoms with E-state index in [1.165, 1.54) is 5.57 Å². The Balaban J connectivity index is 5.24. The van der Waals surface area contributed by atoms with E-state index < -0.39 is 8.32 Å². The fourth-order valence-electron chi connectivity index (χ4n) is 3.47. The molecule has 0 aliphatic heterocycles. The van der Waals surface area contributed by atoms with E-state index in [4.69, 9.17) is 16.0 Å². The average molecular weight is 333 g/mol. The normalized spacial score (nSPS) is 15.1. The highest BCUT2D eigenvalue weighted by Gasteiger charge is 2.46. The third-order valence-electron chi connectivity index (χ3n) is 4.34. The van der Waals surface area contributed by atoms with Crippen LogP contribution >= 0.6 is 11.6 Å². The Bertz CT molecular complexity index is 316. The van der Waals surface area contributed by atoms with Gasteiger partial charge < -0.3 is 9.22 Å². The Morgan fingerprint density at radius 1 is 1.10 bits per heavy atom. The lowest BCUT2D eigenvalue weighted by atomic mass is 10.1. The molecule has 124 valence electrons. The molecule has 0 bridgehead atoms. The van der Waals surface area contributed by atoms with Gasteiger partial charge in [-0.2, -0.15) is 0 Å². The van der Waals surface area contributed by atoms with Crippen LogP contribution in [0.15, 0.2) is 11.6 Å². The lowest BCUT2D eigenvalue weighted by Crippen LogP contribution is -2.50. The Morgan fingerprint density at radius 3 is 1.90 bits per heavy atom. The van der Waals surface area contributed by atoms with E-state index in [1.807, 2.05) is 0 Å². The van der Waals surface area contributed by atoms with Crippen molar-refractivity contribution in [3.63, 3.8) is 0 Å². The molecule has 21 heavy (non-hydrogen) atoms. The van der Waals surface area contributed by atoms with Crippen molar-refractivity contribution in [3.8, 4) is 0 Å². The molecule has 4 heteroatoms. The largest absolute Gasteiger partial charge is 0.409 e. The van der Waals surface area contributed by atoms with Crippen molar-refractivity contribution in [3.05, 3.63) is 11.6 Å². The van der Waals surface area contributed by atoms with Gasteiger partial charge in [-0.3, -0.25) is 0 Å². The quantitative estimate of drug-likeness (QED) is 0.221. The van der Waals surface area contributed by atoms with Crippen LogP contribution < -0.4 is 0 Å². The minimum atomic E-state index is -1.91. The van der Waals surface area contributed by atoms with E-state index in [0.29, 0.717) is 28.9 Å². The Hall–Kier alpha value is -0.123. The van der Waals surface area contributed by atoms with E-state index in [0.717, 1.165) is 12.7 Å². The zero-order chi connectivity index (χ0) is 16.6. The van der Waals surface area contributed by atoms with Crippen LogP contribution in [-0.2, 0) is 9.22 Å². The lowest BCUT2D eigenvalue weighted by molar-refractivity contribution is -0.107. The molecule has 0 saturated carbocycles. The van der Waals surface area contributed by atoms with Gasteiger partial charge in [-0.25, -0.2) is 0 Å². The maximum Gasteiger partial charge on any atom is 0.201 e. The summed E-state index contributed by atoms with van der Waals surface area (Å²) < 4.78 is 6.66. The molecule has 0 radical (unpaired) electrons. The second-order valence-electron chi connectivity index (χ2n) is 6.85. The molecule has 0 aromatic rings. The number of hydrogen-bond donors (Lipinski definition) is 0. The second-order valence-corrected chi connectivity index (χ2v) is 12.6. The summed E-state index contributed by atoms with van der Waals surface area (Å²) in [5.74, 6) is 0.472. The van der Waals surface area contributed by atoms with Gasteiger partial charge in [0.15, 0.2) is 0 Å². The van der Waals surface area contributed by atoms with Crippen molar-refractivity contribution < 1.29 is 9.22 Å². The van der Waals surface area contributed by atoms with Gasteiger partial charge in [-0.15, -0.1) is 11.6 Å². The average Bonchev–Trinajstić information content (AvgIpc) is 2.39. The molecule has 0 rings (SSSR count). The maximum atomic E-state index is 10.5. The van der Waals surface area contributed by atoms with E-state index in [1.54, 1.807) is 0 Å². The Labute approximate surface area is 137 Å². The molecule has 1 unspecified atom stereocenters. The van der Waals surface area contributed by atoms with Gasteiger partial charge >= 0.3 is 0 Å². The van der Waals surface area contributed by atoms with Gasteiger partial charge in [0.05, 0.1) is 12.0 Å². The first-order valence-corrected chi connectivity index (χ1v) is 10.7. The SMILES string of the molecule is C/C(=C\C(CCl)O[Si](C(C)C)(C(C)C)C(C)C)CCC=O. The third kappa shape index (κ3) is 5.88. The molecule has 0 aliphatic rings. The van der Waals surface area contributed by atoms with Crippen LogP contribution in [0.4, 0.5) is 0 Å². The van der Waals surface area contributed by atoms with Crippen LogP contribution in [0.1, 0.15) is 61.3 Å². The van der Waals surface area contributed by atoms with Gasteiger partial charge in [0.1, 0.15) is 6.29 Å². The molecule has 0 amide bonds. The summed E-state index contributed by atoms with van der Waals surface area (Å²) in [5.41, 5.74) is 2.83. The summed E-state index contributed by atoms with van der Waals surface area (Å²) in [6.07, 6.45) is 4.39. The van der Waals surface area contributed by atoms with Crippen molar-refractivity contribution in [1.29, 1.82) is 0 Å². The number of aldehydes is 1. The summed E-state index contributed by atoms with van der Waals surface area (Å²) in [5, 5.41) is 0. The molecular weight excluding hydrogens is 300 g/mol. The van der Waals surface area contributed by atoms with Crippen molar-refractivity contribution in [2.45, 2.75) is 84.0 Å². The van der Waals surface area contributed by atoms with Crippen molar-refractivity contribution in [2.75, 3.05) is 5.88 Å². The summed E-state index contributed by atoms with van der Waals surface area (Å²) in [6, 6.07) is 0. The highest BCUT2D eigenvalue weighted by molar-refractivity contribution is 6.77. The first kappa shape index (κ1) is 20.9. The van der Waals surface area contributed by atoms with Crippen LogP contribution in [0, 0.1) is 0 Å². The number of carbonyl (C=O) groups excluding carboxylic acids is 1. The minimum Gasteiger partial charge on any atom is -0.409 e. The zero-order valence-electron chi connectivity index (χ0n) is 14.8. The molecule has 0 heterocycles. The molecule has 0 saturated heterocycles. The fourth-order valence-corrected chi connectivity index (χ4v) is 9.22. The van der Waals surface area contributed by atoms with Crippen LogP contribution in [0.25, 0.3) is 0 Å². The van der Waals surface area contributed by atoms with Crippen LogP contribution in [0.3, 0.4) is 0 Å². The summed E-state index contributed by atoms with van der Waals surface area (Å²) in [4.78, 5) is 10.5. The molecular formula is C17H33ClO2Si. The third-order valence-corrected chi connectivity index (χ3v) is 10.8. The standard InChI is InChI=1S/C17H33ClO2Si/c1-13(2)21(14(3)4,15(5)6)20-17(12-18)11-16(7)9-8-10-19/h10-11,13-15,17H,8-9,12H2,1-7H3/b16-11+. The van der Waals surface area contributed by atoms with Gasteiger partial charge in [-0.05, 0) is 30.0 Å². The second kappa shape index (κ2) is 9.81. The molecule has 0 aliphatic carbocycles. The molecule has 0 spiro atoms. The van der Waals surface area contributed by atoms with Crippen molar-refractivity contribution >= 4 is 26.2 Å².